The van der Waals surface area contributed by atoms with E-state index in [9.17, 15) is 19.8 Å². The summed E-state index contributed by atoms with van der Waals surface area (Å²) in [5.41, 5.74) is 1.76. The maximum atomic E-state index is 11.9. The van der Waals surface area contributed by atoms with Crippen molar-refractivity contribution in [3.8, 4) is 11.5 Å². The summed E-state index contributed by atoms with van der Waals surface area (Å²) >= 11 is 0. The first-order valence-electron chi connectivity index (χ1n) is 10.4. The molecule has 0 heterocycles. The molecule has 0 unspecified atom stereocenters. The van der Waals surface area contributed by atoms with Gasteiger partial charge in [-0.1, -0.05) is 24.3 Å². The van der Waals surface area contributed by atoms with Crippen LogP contribution in [0.2, 0.25) is 0 Å². The highest BCUT2D eigenvalue weighted by Gasteiger charge is 2.04. The Bertz CT molecular complexity index is 709. The molecular formula is C23H32N3O4+. The van der Waals surface area contributed by atoms with Gasteiger partial charge in [-0.05, 0) is 48.2 Å². The van der Waals surface area contributed by atoms with Gasteiger partial charge in [0.05, 0.1) is 25.9 Å². The van der Waals surface area contributed by atoms with Crippen LogP contribution in [0.4, 0.5) is 0 Å². The molecule has 2 amide bonds. The summed E-state index contributed by atoms with van der Waals surface area (Å²) in [6.45, 7) is 3.26. The maximum Gasteiger partial charge on any atom is 0.224 e. The lowest BCUT2D eigenvalue weighted by Gasteiger charge is -2.07. The fourth-order valence-electron chi connectivity index (χ4n) is 2.98. The molecule has 7 nitrogen and oxygen atoms in total. The quantitative estimate of drug-likeness (QED) is 0.313. The molecule has 2 rings (SSSR count). The van der Waals surface area contributed by atoms with Gasteiger partial charge in [-0.25, -0.2) is 0 Å². The van der Waals surface area contributed by atoms with Crippen molar-refractivity contribution in [2.45, 2.75) is 32.1 Å². The second kappa shape index (κ2) is 13.2. The zero-order chi connectivity index (χ0) is 21.6. The first-order valence-corrected chi connectivity index (χ1v) is 10.4. The Balaban J connectivity index is 1.40. The van der Waals surface area contributed by atoms with E-state index < -0.39 is 0 Å². The van der Waals surface area contributed by atoms with E-state index in [-0.39, 0.29) is 23.3 Å². The van der Waals surface area contributed by atoms with Gasteiger partial charge in [-0.2, -0.15) is 0 Å². The van der Waals surface area contributed by atoms with E-state index in [1.807, 2.05) is 0 Å². The predicted octanol–water partition coefficient (Wildman–Crippen LogP) is 0.849. The van der Waals surface area contributed by atoms with Crippen LogP contribution in [-0.2, 0) is 22.4 Å². The first kappa shape index (κ1) is 23.2. The summed E-state index contributed by atoms with van der Waals surface area (Å²) in [6.07, 6.45) is 3.51. The van der Waals surface area contributed by atoms with Gasteiger partial charge >= 0.3 is 0 Å². The molecule has 7 heteroatoms. The second-order valence-corrected chi connectivity index (χ2v) is 7.31. The maximum absolute atomic E-state index is 11.9. The molecule has 0 saturated carbocycles. The van der Waals surface area contributed by atoms with E-state index in [4.69, 9.17) is 0 Å². The fraction of sp³-hybridized carbons (Fsp3) is 0.391. The summed E-state index contributed by atoms with van der Waals surface area (Å²) in [7, 11) is 0. The topological polar surface area (TPSA) is 115 Å². The number of amides is 2. The third-order valence-electron chi connectivity index (χ3n) is 4.67. The van der Waals surface area contributed by atoms with Crippen LogP contribution in [-0.4, -0.2) is 48.2 Å². The second-order valence-electron chi connectivity index (χ2n) is 7.31. The Morgan fingerprint density at radius 3 is 1.60 bits per heavy atom. The molecular weight excluding hydrogens is 382 g/mol. The molecule has 0 aliphatic carbocycles. The third-order valence-corrected chi connectivity index (χ3v) is 4.67. The van der Waals surface area contributed by atoms with Gasteiger partial charge in [0.2, 0.25) is 11.8 Å². The summed E-state index contributed by atoms with van der Waals surface area (Å²) in [5, 5.41) is 26.5. The highest BCUT2D eigenvalue weighted by Crippen LogP contribution is 2.10. The Morgan fingerprint density at radius 1 is 0.667 bits per heavy atom. The van der Waals surface area contributed by atoms with Crippen molar-refractivity contribution in [3.05, 3.63) is 59.7 Å². The molecule has 0 radical (unpaired) electrons. The van der Waals surface area contributed by atoms with E-state index in [0.29, 0.717) is 25.9 Å². The average Bonchev–Trinajstić information content (AvgIpc) is 2.73. The van der Waals surface area contributed by atoms with Gasteiger partial charge in [0.15, 0.2) is 0 Å². The molecule has 162 valence electrons. The highest BCUT2D eigenvalue weighted by molar-refractivity contribution is 5.79. The lowest BCUT2D eigenvalue weighted by atomic mass is 10.1. The number of hydrogen-bond donors (Lipinski definition) is 5. The van der Waals surface area contributed by atoms with Crippen molar-refractivity contribution in [1.82, 2.24) is 10.6 Å². The van der Waals surface area contributed by atoms with Crippen LogP contribution >= 0.6 is 0 Å². The van der Waals surface area contributed by atoms with Crippen LogP contribution in [0.5, 0.6) is 11.5 Å². The van der Waals surface area contributed by atoms with Gasteiger partial charge < -0.3 is 26.2 Å². The number of carbonyl (C=O) groups excluding carboxylic acids is 2. The minimum absolute atomic E-state index is 0.00675. The molecule has 0 saturated heterocycles. The van der Waals surface area contributed by atoms with Crippen molar-refractivity contribution in [1.29, 1.82) is 0 Å². The Kier molecular flexibility index (Phi) is 10.2. The van der Waals surface area contributed by atoms with Crippen molar-refractivity contribution >= 4 is 11.8 Å². The van der Waals surface area contributed by atoms with Crippen molar-refractivity contribution in [2.75, 3.05) is 26.2 Å². The molecule has 0 aliphatic heterocycles. The fourth-order valence-corrected chi connectivity index (χ4v) is 2.98. The van der Waals surface area contributed by atoms with Gasteiger partial charge in [-0.15, -0.1) is 0 Å². The minimum Gasteiger partial charge on any atom is -0.508 e. The van der Waals surface area contributed by atoms with Crippen molar-refractivity contribution < 1.29 is 25.1 Å². The molecule has 6 N–H and O–H groups in total. The number of unbranched alkanes of at least 4 members (excludes halogenated alkanes) is 1. The van der Waals surface area contributed by atoms with Crippen LogP contribution < -0.4 is 16.0 Å². The van der Waals surface area contributed by atoms with Gasteiger partial charge in [0.25, 0.3) is 0 Å². The van der Waals surface area contributed by atoms with Crippen LogP contribution in [0, 0.1) is 0 Å². The number of aromatic hydroxyl groups is 2. The number of carbonyl (C=O) groups is 2. The molecule has 0 spiro atoms. The average molecular weight is 415 g/mol. The third kappa shape index (κ3) is 9.93. The summed E-state index contributed by atoms with van der Waals surface area (Å²) < 4.78 is 0. The largest absolute Gasteiger partial charge is 0.508 e. The summed E-state index contributed by atoms with van der Waals surface area (Å²) in [4.78, 5) is 23.7. The standard InChI is InChI=1S/C23H31N3O4/c27-20-8-4-18(5-9-20)16-22(29)25-14-2-1-12-24-13-3-15-26-23(30)17-19-6-10-21(28)11-7-19/h4-11,24,27-28H,1-3,12-17H2,(H,25,29)(H,26,30)/p+1. The molecule has 2 aromatic rings. The van der Waals surface area contributed by atoms with Crippen LogP contribution in [0.1, 0.15) is 30.4 Å². The zero-order valence-corrected chi connectivity index (χ0v) is 17.3. The monoisotopic (exact) mass is 414 g/mol. The number of phenols is 2. The molecule has 30 heavy (non-hydrogen) atoms. The molecule has 0 aliphatic rings. The Hall–Kier alpha value is -3.06. The Morgan fingerprint density at radius 2 is 1.10 bits per heavy atom. The number of quaternary nitrogens is 1. The Labute approximate surface area is 177 Å². The molecule has 0 fully saturated rings. The molecule has 0 bridgehead atoms. The van der Waals surface area contributed by atoms with Crippen molar-refractivity contribution in [2.24, 2.45) is 0 Å². The first-order chi connectivity index (χ1) is 14.5. The van der Waals surface area contributed by atoms with Crippen LogP contribution in [0.25, 0.3) is 0 Å². The van der Waals surface area contributed by atoms with E-state index >= 15 is 0 Å². The number of phenolic OH excluding ortho intramolecular Hbond substituents is 2. The van der Waals surface area contributed by atoms with Crippen LogP contribution in [0.15, 0.2) is 48.5 Å². The number of nitrogens with one attached hydrogen (secondary N) is 2. The van der Waals surface area contributed by atoms with E-state index in [1.165, 1.54) is 0 Å². The van der Waals surface area contributed by atoms with Crippen molar-refractivity contribution in [3.63, 3.8) is 0 Å². The zero-order valence-electron chi connectivity index (χ0n) is 17.3. The minimum atomic E-state index is -0.0104. The number of hydrogen-bond acceptors (Lipinski definition) is 4. The van der Waals surface area contributed by atoms with E-state index in [2.05, 4.69) is 16.0 Å². The van der Waals surface area contributed by atoms with E-state index in [0.717, 1.165) is 43.5 Å². The molecule has 0 aromatic heterocycles. The number of nitrogens with two attached hydrogens (primary N) is 1. The summed E-state index contributed by atoms with van der Waals surface area (Å²) in [6, 6.07) is 13.3. The predicted molar refractivity (Wildman–Crippen MR) is 115 cm³/mol. The van der Waals surface area contributed by atoms with Crippen LogP contribution in [0.3, 0.4) is 0 Å². The smallest absolute Gasteiger partial charge is 0.224 e. The lowest BCUT2D eigenvalue weighted by Crippen LogP contribution is -2.84. The summed E-state index contributed by atoms with van der Waals surface area (Å²) in [5.74, 6) is 0.384. The lowest BCUT2D eigenvalue weighted by molar-refractivity contribution is -0.655. The van der Waals surface area contributed by atoms with Gasteiger partial charge in [0, 0.05) is 19.5 Å². The highest BCUT2D eigenvalue weighted by atomic mass is 16.3. The van der Waals surface area contributed by atoms with Gasteiger partial charge in [0.1, 0.15) is 11.5 Å². The SMILES string of the molecule is O=C(Cc1ccc(O)cc1)NCCCC[NH2+]CCCNC(=O)Cc1ccc(O)cc1. The number of benzene rings is 2. The normalized spacial score (nSPS) is 10.5. The van der Waals surface area contributed by atoms with Gasteiger partial charge in [-0.3, -0.25) is 9.59 Å². The molecule has 2 aromatic carbocycles. The number of rotatable bonds is 13. The molecule has 0 atom stereocenters. The van der Waals surface area contributed by atoms with E-state index in [1.54, 1.807) is 48.5 Å².